The molecule has 2 heteroatoms. The Morgan fingerprint density at radius 3 is 2.77 bits per heavy atom. The molecule has 0 amide bonds. The Morgan fingerprint density at radius 1 is 1.18 bits per heavy atom. The molecule has 3 aliphatic rings. The van der Waals surface area contributed by atoms with Crippen molar-refractivity contribution in [2.45, 2.75) is 58.3 Å². The van der Waals surface area contributed by atoms with E-state index in [1.165, 1.54) is 43.2 Å². The lowest BCUT2D eigenvalue weighted by molar-refractivity contribution is 0.0336. The lowest BCUT2D eigenvalue weighted by Gasteiger charge is -2.50. The molecule has 2 fully saturated rings. The minimum absolute atomic E-state index is 0.301. The van der Waals surface area contributed by atoms with Crippen LogP contribution in [0.4, 0.5) is 0 Å². The molecule has 3 aliphatic carbocycles. The highest BCUT2D eigenvalue weighted by atomic mass is 16.5. The molecule has 1 N–H and O–H groups in total. The molecule has 2 nitrogen and oxygen atoms in total. The van der Waals surface area contributed by atoms with Gasteiger partial charge in [-0.25, -0.2) is 0 Å². The number of aryl methyl sites for hydroxylation is 1. The van der Waals surface area contributed by atoms with E-state index in [1.54, 1.807) is 7.11 Å². The van der Waals surface area contributed by atoms with Gasteiger partial charge in [0.05, 0.1) is 7.11 Å². The van der Waals surface area contributed by atoms with Gasteiger partial charge in [-0.2, -0.15) is 0 Å². The fourth-order valence-electron chi connectivity index (χ4n) is 6.01. The zero-order chi connectivity index (χ0) is 15.5. The zero-order valence-electron chi connectivity index (χ0n) is 14.1. The number of phenols is 1. The molecule has 1 aromatic carbocycles. The number of hydrogen-bond donors (Lipinski definition) is 1. The maximum Gasteiger partial charge on any atom is 0.160 e. The summed E-state index contributed by atoms with van der Waals surface area (Å²) in [5, 5.41) is 10.1. The number of hydrogen-bond acceptors (Lipinski definition) is 2. The van der Waals surface area contributed by atoms with Gasteiger partial charge in [0.25, 0.3) is 0 Å². The first-order chi connectivity index (χ1) is 10.5. The van der Waals surface area contributed by atoms with Gasteiger partial charge in [0.2, 0.25) is 0 Å². The third kappa shape index (κ3) is 1.85. The van der Waals surface area contributed by atoms with Crippen LogP contribution in [-0.2, 0) is 6.42 Å². The number of ether oxygens (including phenoxy) is 1. The van der Waals surface area contributed by atoms with Gasteiger partial charge in [-0.15, -0.1) is 0 Å². The highest BCUT2D eigenvalue weighted by molar-refractivity contribution is 5.49. The monoisotopic (exact) mass is 300 g/mol. The molecular formula is C20H28O2. The van der Waals surface area contributed by atoms with Crippen LogP contribution in [-0.4, -0.2) is 12.2 Å². The molecule has 0 aliphatic heterocycles. The summed E-state index contributed by atoms with van der Waals surface area (Å²) in [6.45, 7) is 5.02. The summed E-state index contributed by atoms with van der Waals surface area (Å²) < 4.78 is 5.36. The van der Waals surface area contributed by atoms with E-state index in [4.69, 9.17) is 4.74 Å². The van der Waals surface area contributed by atoms with Gasteiger partial charge < -0.3 is 9.84 Å². The van der Waals surface area contributed by atoms with Gasteiger partial charge in [-0.3, -0.25) is 0 Å². The SMILES string of the molecule is COc1cc2c(cc1O)CCC1C2CC[C@@]2(C)C1CC[C@@H]2C. The van der Waals surface area contributed by atoms with Crippen molar-refractivity contribution in [3.05, 3.63) is 23.3 Å². The van der Waals surface area contributed by atoms with Crippen molar-refractivity contribution in [3.8, 4) is 11.5 Å². The molecule has 0 saturated heterocycles. The van der Waals surface area contributed by atoms with Gasteiger partial charge in [0, 0.05) is 0 Å². The number of fused-ring (bicyclic) bond motifs is 5. The van der Waals surface area contributed by atoms with Crippen molar-refractivity contribution >= 4 is 0 Å². The number of methoxy groups -OCH3 is 1. The lowest BCUT2D eigenvalue weighted by Crippen LogP contribution is -2.41. The molecule has 3 unspecified atom stereocenters. The predicted octanol–water partition coefficient (Wildman–Crippen LogP) is 4.89. The van der Waals surface area contributed by atoms with Crippen molar-refractivity contribution in [2.75, 3.05) is 7.11 Å². The van der Waals surface area contributed by atoms with E-state index in [9.17, 15) is 5.11 Å². The third-order valence-corrected chi connectivity index (χ3v) is 7.50. The summed E-state index contributed by atoms with van der Waals surface area (Å²) >= 11 is 0. The van der Waals surface area contributed by atoms with Gasteiger partial charge in [-0.1, -0.05) is 13.8 Å². The molecule has 0 bridgehead atoms. The molecule has 0 aromatic heterocycles. The van der Waals surface area contributed by atoms with Crippen LogP contribution >= 0.6 is 0 Å². The summed E-state index contributed by atoms with van der Waals surface area (Å²) in [4.78, 5) is 0. The van der Waals surface area contributed by atoms with Crippen LogP contribution in [0.2, 0.25) is 0 Å². The molecule has 0 spiro atoms. The first-order valence-electron chi connectivity index (χ1n) is 8.94. The Morgan fingerprint density at radius 2 is 2.00 bits per heavy atom. The maximum absolute atomic E-state index is 10.1. The maximum atomic E-state index is 10.1. The summed E-state index contributed by atoms with van der Waals surface area (Å²) in [6.07, 6.45) is 7.93. The van der Waals surface area contributed by atoms with Crippen molar-refractivity contribution < 1.29 is 9.84 Å². The quantitative estimate of drug-likeness (QED) is 0.800. The van der Waals surface area contributed by atoms with E-state index in [0.717, 1.165) is 24.2 Å². The molecule has 1 aromatic rings. The lowest BCUT2D eigenvalue weighted by atomic mass is 9.54. The number of benzene rings is 1. The van der Waals surface area contributed by atoms with E-state index in [0.29, 0.717) is 22.8 Å². The van der Waals surface area contributed by atoms with Crippen LogP contribution in [0.3, 0.4) is 0 Å². The molecule has 120 valence electrons. The van der Waals surface area contributed by atoms with Crippen LogP contribution < -0.4 is 4.74 Å². The smallest absolute Gasteiger partial charge is 0.160 e. The minimum Gasteiger partial charge on any atom is -0.504 e. The first kappa shape index (κ1) is 14.4. The van der Waals surface area contributed by atoms with Crippen LogP contribution in [0.15, 0.2) is 12.1 Å². The summed E-state index contributed by atoms with van der Waals surface area (Å²) in [5.74, 6) is 4.25. The number of phenolic OH excluding ortho intramolecular Hbond substituents is 1. The van der Waals surface area contributed by atoms with E-state index in [1.807, 2.05) is 6.07 Å². The summed E-state index contributed by atoms with van der Waals surface area (Å²) in [6, 6.07) is 4.08. The van der Waals surface area contributed by atoms with Gasteiger partial charge >= 0.3 is 0 Å². The predicted molar refractivity (Wildman–Crippen MR) is 88.4 cm³/mol. The minimum atomic E-state index is 0.301. The molecular weight excluding hydrogens is 272 g/mol. The largest absolute Gasteiger partial charge is 0.504 e. The van der Waals surface area contributed by atoms with Crippen molar-refractivity contribution in [2.24, 2.45) is 23.2 Å². The Hall–Kier alpha value is -1.18. The Labute approximate surface area is 133 Å². The van der Waals surface area contributed by atoms with E-state index in [-0.39, 0.29) is 0 Å². The van der Waals surface area contributed by atoms with Gasteiger partial charge in [0.15, 0.2) is 11.5 Å². The Bertz CT molecular complexity index is 594. The van der Waals surface area contributed by atoms with Crippen LogP contribution in [0, 0.1) is 23.2 Å². The molecule has 5 atom stereocenters. The first-order valence-corrected chi connectivity index (χ1v) is 8.94. The Kier molecular flexibility index (Phi) is 3.22. The fourth-order valence-corrected chi connectivity index (χ4v) is 6.01. The van der Waals surface area contributed by atoms with Gasteiger partial charge in [0.1, 0.15) is 0 Å². The fraction of sp³-hybridized carbons (Fsp3) is 0.700. The zero-order valence-corrected chi connectivity index (χ0v) is 14.1. The third-order valence-electron chi connectivity index (χ3n) is 7.50. The highest BCUT2D eigenvalue weighted by Gasteiger charge is 2.53. The van der Waals surface area contributed by atoms with E-state index >= 15 is 0 Å². The standard InChI is InChI=1S/C20H28O2/c1-12-4-7-17-15-6-5-13-10-18(21)19(22-3)11-16(13)14(15)8-9-20(12,17)2/h10-12,14-15,17,21H,4-9H2,1-3H3/t12-,14?,15?,17?,20+/m0/s1. The second kappa shape index (κ2) is 4.91. The molecule has 2 saturated carbocycles. The van der Waals surface area contributed by atoms with Crippen molar-refractivity contribution in [1.82, 2.24) is 0 Å². The Balaban J connectivity index is 1.72. The van der Waals surface area contributed by atoms with E-state index in [2.05, 4.69) is 19.9 Å². The summed E-state index contributed by atoms with van der Waals surface area (Å²) in [7, 11) is 1.65. The second-order valence-corrected chi connectivity index (χ2v) is 8.16. The molecule has 4 rings (SSSR count). The van der Waals surface area contributed by atoms with Crippen LogP contribution in [0.25, 0.3) is 0 Å². The van der Waals surface area contributed by atoms with Crippen LogP contribution in [0.1, 0.15) is 63.0 Å². The van der Waals surface area contributed by atoms with Crippen molar-refractivity contribution in [1.29, 1.82) is 0 Å². The molecule has 0 heterocycles. The average Bonchev–Trinajstić information content (AvgIpc) is 2.82. The average molecular weight is 300 g/mol. The topological polar surface area (TPSA) is 29.5 Å². The summed E-state index contributed by atoms with van der Waals surface area (Å²) in [5.41, 5.74) is 3.39. The normalized spacial score (nSPS) is 39.8. The number of rotatable bonds is 1. The van der Waals surface area contributed by atoms with E-state index < -0.39 is 0 Å². The van der Waals surface area contributed by atoms with Gasteiger partial charge in [-0.05, 0) is 90.9 Å². The molecule has 22 heavy (non-hydrogen) atoms. The highest BCUT2D eigenvalue weighted by Crippen LogP contribution is 2.63. The van der Waals surface area contributed by atoms with Crippen LogP contribution in [0.5, 0.6) is 11.5 Å². The second-order valence-electron chi connectivity index (χ2n) is 8.16. The number of aromatic hydroxyl groups is 1. The van der Waals surface area contributed by atoms with Crippen molar-refractivity contribution in [3.63, 3.8) is 0 Å². The molecule has 0 radical (unpaired) electrons.